The minimum Gasteiger partial charge on any atom is -0.508 e. The van der Waals surface area contributed by atoms with Gasteiger partial charge in [0.2, 0.25) is 0 Å². The third-order valence-corrected chi connectivity index (χ3v) is 4.64. The van der Waals surface area contributed by atoms with Gasteiger partial charge in [-0.25, -0.2) is 0 Å². The quantitative estimate of drug-likeness (QED) is 0.533. The van der Waals surface area contributed by atoms with Crippen LogP contribution in [0.5, 0.6) is 11.5 Å². The number of fused-ring (bicyclic) bond motifs is 1. The van der Waals surface area contributed by atoms with Crippen molar-refractivity contribution in [1.29, 1.82) is 5.26 Å². The third kappa shape index (κ3) is 4.06. The number of nitriles is 1. The summed E-state index contributed by atoms with van der Waals surface area (Å²) < 4.78 is 6.24. The maximum absolute atomic E-state index is 9.71. The minimum atomic E-state index is -0.399. The fourth-order valence-electron chi connectivity index (χ4n) is 3.02. The fourth-order valence-corrected chi connectivity index (χ4v) is 3.02. The van der Waals surface area contributed by atoms with Crippen molar-refractivity contribution in [3.05, 3.63) is 64.7 Å². The lowest BCUT2D eigenvalue weighted by Gasteiger charge is -2.31. The molecular formula is C24H25NO2. The molecule has 3 rings (SSSR count). The van der Waals surface area contributed by atoms with E-state index >= 15 is 0 Å². The van der Waals surface area contributed by atoms with Gasteiger partial charge in [-0.1, -0.05) is 26.8 Å². The molecular weight excluding hydrogens is 334 g/mol. The van der Waals surface area contributed by atoms with Crippen LogP contribution in [0.4, 0.5) is 0 Å². The van der Waals surface area contributed by atoms with E-state index in [2.05, 4.69) is 51.1 Å². The molecule has 1 heterocycles. The number of phenols is 1. The van der Waals surface area contributed by atoms with Gasteiger partial charge >= 0.3 is 0 Å². The van der Waals surface area contributed by atoms with Crippen molar-refractivity contribution in [1.82, 2.24) is 0 Å². The molecule has 0 amide bonds. The second-order valence-electron chi connectivity index (χ2n) is 8.49. The average molecular weight is 359 g/mol. The monoisotopic (exact) mass is 359 g/mol. The van der Waals surface area contributed by atoms with Crippen molar-refractivity contribution < 1.29 is 9.84 Å². The zero-order valence-electron chi connectivity index (χ0n) is 16.5. The van der Waals surface area contributed by atoms with Crippen LogP contribution in [0.15, 0.2) is 42.5 Å². The molecule has 0 aliphatic carbocycles. The summed E-state index contributed by atoms with van der Waals surface area (Å²) in [5, 5.41) is 19.2. The standard InChI is InChI=1S/C24H25NO2/c1-23(2,3)20-13-17-10-11-24(4,5)27-22(17)18(14-20)12-19(15-25)16-6-8-21(26)9-7-16/h6-14,26H,1-5H3/b19-12+. The molecule has 27 heavy (non-hydrogen) atoms. The maximum Gasteiger partial charge on any atom is 0.135 e. The van der Waals surface area contributed by atoms with Crippen molar-refractivity contribution >= 4 is 17.7 Å². The summed E-state index contributed by atoms with van der Waals surface area (Å²) in [7, 11) is 0. The molecule has 3 nitrogen and oxygen atoms in total. The molecule has 0 spiro atoms. The smallest absolute Gasteiger partial charge is 0.135 e. The van der Waals surface area contributed by atoms with E-state index in [1.807, 2.05) is 19.9 Å². The maximum atomic E-state index is 9.71. The average Bonchev–Trinajstić information content (AvgIpc) is 2.59. The highest BCUT2D eigenvalue weighted by Crippen LogP contribution is 2.39. The summed E-state index contributed by atoms with van der Waals surface area (Å²) in [4.78, 5) is 0. The van der Waals surface area contributed by atoms with Crippen LogP contribution in [-0.4, -0.2) is 10.7 Å². The van der Waals surface area contributed by atoms with E-state index in [0.717, 1.165) is 22.4 Å². The van der Waals surface area contributed by atoms with E-state index in [1.165, 1.54) is 5.56 Å². The first-order valence-electron chi connectivity index (χ1n) is 9.07. The Kier molecular flexibility index (Phi) is 4.61. The first kappa shape index (κ1) is 18.8. The van der Waals surface area contributed by atoms with Gasteiger partial charge in [0.25, 0.3) is 0 Å². The number of rotatable bonds is 2. The number of hydrogen-bond donors (Lipinski definition) is 1. The van der Waals surface area contributed by atoms with E-state index in [0.29, 0.717) is 5.57 Å². The Hall–Kier alpha value is -2.99. The van der Waals surface area contributed by atoms with Gasteiger partial charge < -0.3 is 9.84 Å². The van der Waals surface area contributed by atoms with E-state index in [-0.39, 0.29) is 11.2 Å². The molecule has 0 fully saturated rings. The van der Waals surface area contributed by atoms with Crippen LogP contribution in [0.1, 0.15) is 56.9 Å². The molecule has 2 aromatic rings. The van der Waals surface area contributed by atoms with E-state index in [1.54, 1.807) is 24.3 Å². The summed E-state index contributed by atoms with van der Waals surface area (Å²) in [5.74, 6) is 0.973. The van der Waals surface area contributed by atoms with E-state index < -0.39 is 5.60 Å². The summed E-state index contributed by atoms with van der Waals surface area (Å²) in [5.41, 5.74) is 3.96. The largest absolute Gasteiger partial charge is 0.508 e. The molecule has 0 aromatic heterocycles. The van der Waals surface area contributed by atoms with E-state index in [9.17, 15) is 10.4 Å². The van der Waals surface area contributed by atoms with Gasteiger partial charge in [-0.2, -0.15) is 5.26 Å². The Morgan fingerprint density at radius 2 is 1.81 bits per heavy atom. The number of aromatic hydroxyl groups is 1. The summed E-state index contributed by atoms with van der Waals surface area (Å²) in [6.45, 7) is 10.5. The molecule has 0 unspecified atom stereocenters. The third-order valence-electron chi connectivity index (χ3n) is 4.64. The summed E-state index contributed by atoms with van der Waals surface area (Å²) in [6.07, 6.45) is 6.02. The number of phenolic OH excluding ortho intramolecular Hbond substituents is 1. The lowest BCUT2D eigenvalue weighted by atomic mass is 9.83. The van der Waals surface area contributed by atoms with Gasteiger partial charge in [0.05, 0.1) is 11.6 Å². The van der Waals surface area contributed by atoms with Crippen LogP contribution in [0.2, 0.25) is 0 Å². The van der Waals surface area contributed by atoms with Crippen molar-refractivity contribution in [2.24, 2.45) is 0 Å². The molecule has 1 N–H and O–H groups in total. The molecule has 1 aliphatic rings. The first-order chi connectivity index (χ1) is 12.6. The normalized spacial score (nSPS) is 15.6. The lowest BCUT2D eigenvalue weighted by molar-refractivity contribution is 0.158. The number of ether oxygens (including phenoxy) is 1. The molecule has 1 aliphatic heterocycles. The van der Waals surface area contributed by atoms with Gasteiger partial charge in [-0.05, 0) is 78.9 Å². The number of benzene rings is 2. The van der Waals surface area contributed by atoms with Crippen molar-refractivity contribution in [2.45, 2.75) is 45.6 Å². The summed E-state index contributed by atoms with van der Waals surface area (Å²) in [6, 6.07) is 13.2. The molecule has 0 saturated heterocycles. The van der Waals surface area contributed by atoms with Gasteiger partial charge in [0, 0.05) is 11.1 Å². The molecule has 138 valence electrons. The second kappa shape index (κ2) is 6.63. The topological polar surface area (TPSA) is 53.2 Å². The lowest BCUT2D eigenvalue weighted by Crippen LogP contribution is -2.28. The Morgan fingerprint density at radius 1 is 1.15 bits per heavy atom. The highest BCUT2D eigenvalue weighted by molar-refractivity contribution is 5.91. The minimum absolute atomic E-state index is 0.0240. The van der Waals surface area contributed by atoms with Crippen LogP contribution < -0.4 is 4.74 Å². The van der Waals surface area contributed by atoms with Gasteiger partial charge in [0.1, 0.15) is 17.1 Å². The van der Waals surface area contributed by atoms with Gasteiger partial charge in [-0.3, -0.25) is 0 Å². The van der Waals surface area contributed by atoms with Crippen molar-refractivity contribution in [3.63, 3.8) is 0 Å². The number of nitrogens with zero attached hydrogens (tertiary/aromatic N) is 1. The SMILES string of the molecule is CC1(C)C=Cc2cc(C(C)(C)C)cc(/C=C(\C#N)c3ccc(O)cc3)c2O1. The van der Waals surface area contributed by atoms with E-state index in [4.69, 9.17) is 4.74 Å². The predicted octanol–water partition coefficient (Wildman–Crippen LogP) is 5.94. The molecule has 2 aromatic carbocycles. The van der Waals surface area contributed by atoms with Gasteiger partial charge in [0.15, 0.2) is 0 Å². The molecule has 3 heteroatoms. The molecule has 0 saturated carbocycles. The van der Waals surface area contributed by atoms with Crippen LogP contribution in [0.25, 0.3) is 17.7 Å². The zero-order chi connectivity index (χ0) is 19.8. The van der Waals surface area contributed by atoms with Crippen LogP contribution in [0, 0.1) is 11.3 Å². The highest BCUT2D eigenvalue weighted by atomic mass is 16.5. The van der Waals surface area contributed by atoms with Crippen LogP contribution in [0.3, 0.4) is 0 Å². The predicted molar refractivity (Wildman–Crippen MR) is 110 cm³/mol. The molecule has 0 bridgehead atoms. The first-order valence-corrected chi connectivity index (χ1v) is 9.07. The van der Waals surface area contributed by atoms with Crippen molar-refractivity contribution in [2.75, 3.05) is 0 Å². The number of allylic oxidation sites excluding steroid dienone is 1. The second-order valence-corrected chi connectivity index (χ2v) is 8.49. The fraction of sp³-hybridized carbons (Fsp3) is 0.292. The molecule has 0 radical (unpaired) electrons. The zero-order valence-corrected chi connectivity index (χ0v) is 16.5. The van der Waals surface area contributed by atoms with Crippen LogP contribution in [-0.2, 0) is 5.41 Å². The Morgan fingerprint density at radius 3 is 2.41 bits per heavy atom. The van der Waals surface area contributed by atoms with Gasteiger partial charge in [-0.15, -0.1) is 0 Å². The Bertz CT molecular complexity index is 965. The van der Waals surface area contributed by atoms with Crippen molar-refractivity contribution in [3.8, 4) is 17.6 Å². The Balaban J connectivity index is 2.20. The highest BCUT2D eigenvalue weighted by Gasteiger charge is 2.26. The number of hydrogen-bond acceptors (Lipinski definition) is 3. The Labute approximate surface area is 161 Å². The molecule has 0 atom stereocenters. The van der Waals surface area contributed by atoms with Crippen LogP contribution >= 0.6 is 0 Å². The summed E-state index contributed by atoms with van der Waals surface area (Å²) >= 11 is 0.